The Morgan fingerprint density at radius 1 is 0.920 bits per heavy atom. The van der Waals surface area contributed by atoms with E-state index in [4.69, 9.17) is 16.6 Å². The highest BCUT2D eigenvalue weighted by Crippen LogP contribution is 1.97. The number of aliphatic hydroxyl groups excluding tert-OH is 1. The maximum atomic E-state index is 12.1. The van der Waals surface area contributed by atoms with Gasteiger partial charge in [-0.25, -0.2) is 0 Å². The molecule has 4 unspecified atom stereocenters. The summed E-state index contributed by atoms with van der Waals surface area (Å²) >= 11 is 0. The number of rotatable bonds is 10. The number of carboxylic acids is 1. The first kappa shape index (κ1) is 22.3. The van der Waals surface area contributed by atoms with Gasteiger partial charge in [-0.3, -0.25) is 24.0 Å². The lowest BCUT2D eigenvalue weighted by Gasteiger charge is -2.22. The normalized spacial score (nSPS) is 15.2. The molecule has 12 nitrogen and oxygen atoms in total. The van der Waals surface area contributed by atoms with Gasteiger partial charge in [-0.05, 0) is 13.8 Å². The van der Waals surface area contributed by atoms with E-state index in [0.717, 1.165) is 0 Å². The van der Waals surface area contributed by atoms with Gasteiger partial charge in [-0.1, -0.05) is 0 Å². The lowest BCUT2D eigenvalue weighted by molar-refractivity contribution is -0.142. The first-order valence-corrected chi connectivity index (χ1v) is 7.28. The second-order valence-corrected chi connectivity index (χ2v) is 5.33. The standard InChI is InChI=1S/C13H23N5O7/c1-5(14)10(21)18-8(4-19)12(23)17-7(3-9(15)20)11(22)16-6(2)13(24)25/h5-8,19H,3-4,14H2,1-2H3,(H2,15,20)(H,16,22)(H,17,23)(H,18,21)(H,24,25). The molecule has 0 aliphatic heterocycles. The van der Waals surface area contributed by atoms with Crippen molar-refractivity contribution in [3.8, 4) is 0 Å². The molecule has 0 radical (unpaired) electrons. The van der Waals surface area contributed by atoms with Crippen molar-refractivity contribution in [3.05, 3.63) is 0 Å². The van der Waals surface area contributed by atoms with E-state index in [-0.39, 0.29) is 0 Å². The van der Waals surface area contributed by atoms with Gasteiger partial charge in [0, 0.05) is 0 Å². The molecule has 0 aromatic rings. The fourth-order valence-electron chi connectivity index (χ4n) is 1.56. The molecule has 4 atom stereocenters. The van der Waals surface area contributed by atoms with Gasteiger partial charge in [0.05, 0.1) is 19.1 Å². The monoisotopic (exact) mass is 361 g/mol. The topological polar surface area (TPSA) is 214 Å². The number of amides is 4. The van der Waals surface area contributed by atoms with Gasteiger partial charge in [-0.2, -0.15) is 0 Å². The summed E-state index contributed by atoms with van der Waals surface area (Å²) in [5.74, 6) is -4.90. The highest BCUT2D eigenvalue weighted by Gasteiger charge is 2.29. The van der Waals surface area contributed by atoms with Crippen molar-refractivity contribution in [1.29, 1.82) is 0 Å². The molecule has 0 fully saturated rings. The molecule has 0 aliphatic rings. The summed E-state index contributed by atoms with van der Waals surface area (Å²) in [7, 11) is 0. The average molecular weight is 361 g/mol. The number of carboxylic acid groups (broad SMARTS) is 1. The van der Waals surface area contributed by atoms with E-state index in [1.807, 2.05) is 0 Å². The van der Waals surface area contributed by atoms with Gasteiger partial charge < -0.3 is 37.6 Å². The molecule has 142 valence electrons. The molecule has 0 aliphatic carbocycles. The van der Waals surface area contributed by atoms with Crippen LogP contribution in [0.15, 0.2) is 0 Å². The number of primary amides is 1. The number of nitrogens with two attached hydrogens (primary N) is 2. The highest BCUT2D eigenvalue weighted by atomic mass is 16.4. The molecule has 0 saturated carbocycles. The minimum absolute atomic E-state index is 0.608. The highest BCUT2D eigenvalue weighted by molar-refractivity contribution is 5.96. The number of aliphatic carboxylic acids is 1. The van der Waals surface area contributed by atoms with Crippen molar-refractivity contribution < 1.29 is 34.2 Å². The predicted octanol–water partition coefficient (Wildman–Crippen LogP) is -4.24. The Kier molecular flexibility index (Phi) is 9.09. The van der Waals surface area contributed by atoms with E-state index in [1.54, 1.807) is 0 Å². The van der Waals surface area contributed by atoms with E-state index in [0.29, 0.717) is 0 Å². The fraction of sp³-hybridized carbons (Fsp3) is 0.615. The van der Waals surface area contributed by atoms with Crippen LogP contribution >= 0.6 is 0 Å². The maximum Gasteiger partial charge on any atom is 0.325 e. The zero-order chi connectivity index (χ0) is 19.7. The zero-order valence-electron chi connectivity index (χ0n) is 13.8. The third-order valence-corrected chi connectivity index (χ3v) is 3.00. The number of hydrogen-bond acceptors (Lipinski definition) is 7. The summed E-state index contributed by atoms with van der Waals surface area (Å²) in [5, 5.41) is 24.3. The van der Waals surface area contributed by atoms with Crippen molar-refractivity contribution in [1.82, 2.24) is 16.0 Å². The van der Waals surface area contributed by atoms with Gasteiger partial charge in [0.2, 0.25) is 23.6 Å². The van der Waals surface area contributed by atoms with Crippen LogP contribution in [-0.4, -0.2) is 70.6 Å². The quantitative estimate of drug-likeness (QED) is 0.202. The maximum absolute atomic E-state index is 12.1. The fourth-order valence-corrected chi connectivity index (χ4v) is 1.56. The van der Waals surface area contributed by atoms with Crippen molar-refractivity contribution in [3.63, 3.8) is 0 Å². The van der Waals surface area contributed by atoms with Crippen LogP contribution in [0, 0.1) is 0 Å². The third kappa shape index (κ3) is 8.08. The van der Waals surface area contributed by atoms with E-state index in [9.17, 15) is 29.1 Å². The van der Waals surface area contributed by atoms with Crippen molar-refractivity contribution in [2.24, 2.45) is 11.5 Å². The molecule has 12 heteroatoms. The van der Waals surface area contributed by atoms with Crippen LogP contribution in [0.4, 0.5) is 0 Å². The van der Waals surface area contributed by atoms with Gasteiger partial charge >= 0.3 is 5.97 Å². The third-order valence-electron chi connectivity index (χ3n) is 3.00. The summed E-state index contributed by atoms with van der Waals surface area (Å²) < 4.78 is 0. The van der Waals surface area contributed by atoms with Gasteiger partial charge in [0.15, 0.2) is 0 Å². The van der Waals surface area contributed by atoms with Crippen molar-refractivity contribution >= 4 is 29.6 Å². The minimum atomic E-state index is -1.48. The van der Waals surface area contributed by atoms with Gasteiger partial charge in [0.25, 0.3) is 0 Å². The molecular formula is C13H23N5O7. The van der Waals surface area contributed by atoms with Crippen LogP contribution in [0.2, 0.25) is 0 Å². The Balaban J connectivity index is 5.07. The van der Waals surface area contributed by atoms with Crippen LogP contribution in [0.5, 0.6) is 0 Å². The Bertz CT molecular complexity index is 537. The van der Waals surface area contributed by atoms with Crippen molar-refractivity contribution in [2.45, 2.75) is 44.4 Å². The van der Waals surface area contributed by atoms with E-state index in [2.05, 4.69) is 16.0 Å². The van der Waals surface area contributed by atoms with Crippen LogP contribution in [-0.2, 0) is 24.0 Å². The number of hydrogen-bond donors (Lipinski definition) is 7. The number of carbonyl (C=O) groups is 5. The molecule has 0 heterocycles. The zero-order valence-corrected chi connectivity index (χ0v) is 13.8. The molecule has 9 N–H and O–H groups in total. The number of carbonyl (C=O) groups excluding carboxylic acids is 4. The Hall–Kier alpha value is -2.73. The largest absolute Gasteiger partial charge is 0.480 e. The molecule has 25 heavy (non-hydrogen) atoms. The molecule has 0 saturated heterocycles. The summed E-state index contributed by atoms with van der Waals surface area (Å²) in [6.07, 6.45) is -0.608. The Labute approximate surface area is 143 Å². The lowest BCUT2D eigenvalue weighted by Crippen LogP contribution is -2.58. The van der Waals surface area contributed by atoms with Crippen LogP contribution in [0.1, 0.15) is 20.3 Å². The van der Waals surface area contributed by atoms with Crippen LogP contribution in [0.25, 0.3) is 0 Å². The second-order valence-electron chi connectivity index (χ2n) is 5.33. The van der Waals surface area contributed by atoms with E-state index in [1.165, 1.54) is 13.8 Å². The van der Waals surface area contributed by atoms with Crippen LogP contribution < -0.4 is 27.4 Å². The summed E-state index contributed by atoms with van der Waals surface area (Å²) in [4.78, 5) is 57.4. The van der Waals surface area contributed by atoms with E-state index >= 15 is 0 Å². The molecule has 0 aromatic heterocycles. The molecule has 4 amide bonds. The van der Waals surface area contributed by atoms with Gasteiger partial charge in [0.1, 0.15) is 18.1 Å². The average Bonchev–Trinajstić information content (AvgIpc) is 2.50. The molecular weight excluding hydrogens is 338 g/mol. The van der Waals surface area contributed by atoms with Crippen LogP contribution in [0.3, 0.4) is 0 Å². The molecule has 0 aromatic carbocycles. The predicted molar refractivity (Wildman–Crippen MR) is 83.6 cm³/mol. The summed E-state index contributed by atoms with van der Waals surface area (Å²) in [5.41, 5.74) is 10.3. The second kappa shape index (κ2) is 10.2. The minimum Gasteiger partial charge on any atom is -0.480 e. The first-order valence-electron chi connectivity index (χ1n) is 7.28. The first-order chi connectivity index (χ1) is 11.5. The molecule has 0 rings (SSSR count). The van der Waals surface area contributed by atoms with Gasteiger partial charge in [-0.15, -0.1) is 0 Å². The smallest absolute Gasteiger partial charge is 0.325 e. The van der Waals surface area contributed by atoms with Crippen molar-refractivity contribution in [2.75, 3.05) is 6.61 Å². The summed E-state index contributed by atoms with van der Waals surface area (Å²) in [6.45, 7) is 1.75. The molecule has 0 bridgehead atoms. The summed E-state index contributed by atoms with van der Waals surface area (Å²) in [6, 6.07) is -5.11. The SMILES string of the molecule is CC(N)C(=O)NC(CO)C(=O)NC(CC(N)=O)C(=O)NC(C)C(=O)O. The Morgan fingerprint density at radius 2 is 1.40 bits per heavy atom. The number of aliphatic hydroxyl groups is 1. The number of nitrogens with one attached hydrogen (secondary N) is 3. The van der Waals surface area contributed by atoms with E-state index < -0.39 is 66.8 Å². The molecule has 0 spiro atoms. The lowest BCUT2D eigenvalue weighted by atomic mass is 10.1. The Morgan fingerprint density at radius 3 is 1.80 bits per heavy atom.